The molecule has 24 heavy (non-hydrogen) atoms. The third-order valence-corrected chi connectivity index (χ3v) is 3.81. The fraction of sp³-hybridized carbons (Fsp3) is 0.176. The number of oxime groups is 1. The van der Waals surface area contributed by atoms with E-state index >= 15 is 0 Å². The van der Waals surface area contributed by atoms with E-state index in [1.165, 1.54) is 19.2 Å². The molecule has 0 N–H and O–H groups in total. The average molecular weight is 326 g/mol. The van der Waals surface area contributed by atoms with Crippen molar-refractivity contribution in [2.75, 3.05) is 7.11 Å². The molecule has 0 aromatic heterocycles. The SMILES string of the molecule is COC(=O)[C@H]1ON=C(c2cccc([N+](=O)[O-])c2)[C@@H]1c1ccccc1. The lowest BCUT2D eigenvalue weighted by atomic mass is 9.86. The number of hydrogen-bond donors (Lipinski definition) is 0. The highest BCUT2D eigenvalue weighted by molar-refractivity contribution is 6.08. The lowest BCUT2D eigenvalue weighted by molar-refractivity contribution is -0.384. The molecule has 0 amide bonds. The van der Waals surface area contributed by atoms with Crippen molar-refractivity contribution < 1.29 is 19.3 Å². The van der Waals surface area contributed by atoms with Crippen LogP contribution >= 0.6 is 0 Å². The molecule has 3 rings (SSSR count). The number of methoxy groups -OCH3 is 1. The Hall–Kier alpha value is -3.22. The molecule has 122 valence electrons. The number of carbonyl (C=O) groups is 1. The van der Waals surface area contributed by atoms with E-state index in [0.29, 0.717) is 11.3 Å². The van der Waals surface area contributed by atoms with Crippen molar-refractivity contribution in [2.24, 2.45) is 5.16 Å². The largest absolute Gasteiger partial charge is 0.466 e. The molecule has 0 unspecified atom stereocenters. The zero-order chi connectivity index (χ0) is 17.1. The molecule has 7 nitrogen and oxygen atoms in total. The van der Waals surface area contributed by atoms with Gasteiger partial charge in [0.2, 0.25) is 6.10 Å². The summed E-state index contributed by atoms with van der Waals surface area (Å²) < 4.78 is 4.79. The van der Waals surface area contributed by atoms with Crippen LogP contribution in [0.2, 0.25) is 0 Å². The monoisotopic (exact) mass is 326 g/mol. The first kappa shape index (κ1) is 15.7. The Balaban J connectivity index is 2.04. The molecular formula is C17H14N2O5. The van der Waals surface area contributed by atoms with Crippen molar-refractivity contribution in [2.45, 2.75) is 12.0 Å². The van der Waals surface area contributed by atoms with Crippen LogP contribution in [0.3, 0.4) is 0 Å². The Morgan fingerprint density at radius 1 is 1.21 bits per heavy atom. The van der Waals surface area contributed by atoms with E-state index in [1.807, 2.05) is 30.3 Å². The van der Waals surface area contributed by atoms with Crippen LogP contribution in [0.15, 0.2) is 59.8 Å². The van der Waals surface area contributed by atoms with Gasteiger partial charge in [-0.2, -0.15) is 0 Å². The minimum atomic E-state index is -0.924. The summed E-state index contributed by atoms with van der Waals surface area (Å²) in [6, 6.07) is 15.3. The third-order valence-electron chi connectivity index (χ3n) is 3.81. The number of non-ortho nitro benzene ring substituents is 1. The lowest BCUT2D eigenvalue weighted by Crippen LogP contribution is -2.30. The van der Waals surface area contributed by atoms with Gasteiger partial charge in [0.1, 0.15) is 0 Å². The van der Waals surface area contributed by atoms with E-state index < -0.39 is 22.9 Å². The van der Waals surface area contributed by atoms with E-state index in [1.54, 1.807) is 12.1 Å². The predicted molar refractivity (Wildman–Crippen MR) is 85.7 cm³/mol. The van der Waals surface area contributed by atoms with Crippen LogP contribution in [0.25, 0.3) is 0 Å². The minimum Gasteiger partial charge on any atom is -0.466 e. The van der Waals surface area contributed by atoms with Gasteiger partial charge in [0.05, 0.1) is 23.7 Å². The molecule has 1 heterocycles. The van der Waals surface area contributed by atoms with Gasteiger partial charge in [-0.3, -0.25) is 10.1 Å². The second-order valence-corrected chi connectivity index (χ2v) is 5.22. The van der Waals surface area contributed by atoms with Gasteiger partial charge in [0, 0.05) is 17.7 Å². The van der Waals surface area contributed by atoms with E-state index in [0.717, 1.165) is 5.56 Å². The summed E-state index contributed by atoms with van der Waals surface area (Å²) in [6.07, 6.45) is -0.924. The maximum atomic E-state index is 12.0. The van der Waals surface area contributed by atoms with Gasteiger partial charge < -0.3 is 9.57 Å². The van der Waals surface area contributed by atoms with Crippen molar-refractivity contribution in [3.05, 3.63) is 75.8 Å². The quantitative estimate of drug-likeness (QED) is 0.489. The number of benzene rings is 2. The molecule has 2 aromatic carbocycles. The highest BCUT2D eigenvalue weighted by Crippen LogP contribution is 2.33. The van der Waals surface area contributed by atoms with Crippen LogP contribution in [0.1, 0.15) is 17.0 Å². The Morgan fingerprint density at radius 2 is 1.96 bits per heavy atom. The minimum absolute atomic E-state index is 0.0523. The van der Waals surface area contributed by atoms with Gasteiger partial charge in [-0.25, -0.2) is 4.79 Å². The van der Waals surface area contributed by atoms with Crippen molar-refractivity contribution in [1.29, 1.82) is 0 Å². The first-order valence-corrected chi connectivity index (χ1v) is 7.23. The number of ether oxygens (including phenoxy) is 1. The normalized spacial score (nSPS) is 19.3. The fourth-order valence-electron chi connectivity index (χ4n) is 2.67. The summed E-state index contributed by atoms with van der Waals surface area (Å²) in [5.74, 6) is -1.05. The van der Waals surface area contributed by atoms with Crippen LogP contribution in [0.5, 0.6) is 0 Å². The number of hydrogen-bond acceptors (Lipinski definition) is 6. The van der Waals surface area contributed by atoms with Gasteiger partial charge >= 0.3 is 5.97 Å². The average Bonchev–Trinajstić information content (AvgIpc) is 3.07. The molecule has 0 saturated heterocycles. The molecule has 2 aromatic rings. The molecule has 0 fully saturated rings. The molecular weight excluding hydrogens is 312 g/mol. The number of rotatable bonds is 4. The molecule has 2 atom stereocenters. The summed E-state index contributed by atoms with van der Waals surface area (Å²) in [7, 11) is 1.28. The van der Waals surface area contributed by atoms with Crippen molar-refractivity contribution in [1.82, 2.24) is 0 Å². The van der Waals surface area contributed by atoms with E-state index in [2.05, 4.69) is 5.16 Å². The van der Waals surface area contributed by atoms with Crippen LogP contribution < -0.4 is 0 Å². The first-order valence-electron chi connectivity index (χ1n) is 7.23. The summed E-state index contributed by atoms with van der Waals surface area (Å²) in [6.45, 7) is 0. The number of carbonyl (C=O) groups excluding carboxylic acids is 1. The number of nitro groups is 1. The second-order valence-electron chi connectivity index (χ2n) is 5.22. The summed E-state index contributed by atoms with van der Waals surface area (Å²) in [5.41, 5.74) is 1.75. The number of nitrogens with zero attached hydrogens (tertiary/aromatic N) is 2. The van der Waals surface area contributed by atoms with Crippen molar-refractivity contribution in [3.8, 4) is 0 Å². The van der Waals surface area contributed by atoms with E-state index in [4.69, 9.17) is 9.57 Å². The van der Waals surface area contributed by atoms with Gasteiger partial charge in [-0.05, 0) is 5.56 Å². The standard InChI is InChI=1S/C17H14N2O5/c1-23-17(20)16-14(11-6-3-2-4-7-11)15(18-24-16)12-8-5-9-13(10-12)19(21)22/h2-10,14,16H,1H3/t14-,16-/m0/s1. The van der Waals surface area contributed by atoms with E-state index in [-0.39, 0.29) is 5.69 Å². The third kappa shape index (κ3) is 2.83. The molecule has 0 aliphatic carbocycles. The molecule has 0 saturated carbocycles. The van der Waals surface area contributed by atoms with Gasteiger partial charge in [-0.15, -0.1) is 0 Å². The van der Waals surface area contributed by atoms with Crippen LogP contribution in [-0.2, 0) is 14.4 Å². The van der Waals surface area contributed by atoms with Crippen LogP contribution in [0.4, 0.5) is 5.69 Å². The Kier molecular flexibility index (Phi) is 4.24. The van der Waals surface area contributed by atoms with Gasteiger partial charge in [0.25, 0.3) is 5.69 Å². The summed E-state index contributed by atoms with van der Waals surface area (Å²) >= 11 is 0. The fourth-order valence-corrected chi connectivity index (χ4v) is 2.67. The molecule has 7 heteroatoms. The predicted octanol–water partition coefficient (Wildman–Crippen LogP) is 2.65. The number of nitro benzene ring substituents is 1. The second kappa shape index (κ2) is 6.49. The first-order chi connectivity index (χ1) is 11.6. The molecule has 1 aliphatic rings. The topological polar surface area (TPSA) is 91.0 Å². The molecule has 0 bridgehead atoms. The lowest BCUT2D eigenvalue weighted by Gasteiger charge is -2.17. The Bertz CT molecular complexity index is 804. The maximum Gasteiger partial charge on any atom is 0.351 e. The summed E-state index contributed by atoms with van der Waals surface area (Å²) in [5, 5.41) is 15.0. The van der Waals surface area contributed by atoms with Crippen LogP contribution in [-0.4, -0.2) is 29.8 Å². The van der Waals surface area contributed by atoms with Gasteiger partial charge in [-0.1, -0.05) is 47.6 Å². The highest BCUT2D eigenvalue weighted by atomic mass is 16.7. The number of esters is 1. The summed E-state index contributed by atoms with van der Waals surface area (Å²) in [4.78, 5) is 27.8. The Morgan fingerprint density at radius 3 is 2.62 bits per heavy atom. The Labute approximate surface area is 137 Å². The molecule has 0 spiro atoms. The van der Waals surface area contributed by atoms with Crippen molar-refractivity contribution >= 4 is 17.4 Å². The van der Waals surface area contributed by atoms with Gasteiger partial charge in [0.15, 0.2) is 0 Å². The highest BCUT2D eigenvalue weighted by Gasteiger charge is 2.42. The maximum absolute atomic E-state index is 12.0. The van der Waals surface area contributed by atoms with E-state index in [9.17, 15) is 14.9 Å². The molecule has 1 aliphatic heterocycles. The zero-order valence-corrected chi connectivity index (χ0v) is 12.8. The van der Waals surface area contributed by atoms with Crippen LogP contribution in [0, 0.1) is 10.1 Å². The smallest absolute Gasteiger partial charge is 0.351 e. The molecule has 0 radical (unpaired) electrons. The zero-order valence-electron chi connectivity index (χ0n) is 12.8. The van der Waals surface area contributed by atoms with Crippen molar-refractivity contribution in [3.63, 3.8) is 0 Å².